The average Bonchev–Trinajstić information content (AvgIpc) is 3.11. The predicted molar refractivity (Wildman–Crippen MR) is 104 cm³/mol. The van der Waals surface area contributed by atoms with Crippen LogP contribution >= 0.6 is 0 Å². The van der Waals surface area contributed by atoms with E-state index in [1.165, 1.54) is 12.3 Å². The van der Waals surface area contributed by atoms with Crippen molar-refractivity contribution in [1.29, 1.82) is 0 Å². The first-order chi connectivity index (χ1) is 13.5. The van der Waals surface area contributed by atoms with E-state index in [2.05, 4.69) is 37.0 Å². The molecule has 3 heterocycles. The number of hydrogen-bond acceptors (Lipinski definition) is 5. The lowest BCUT2D eigenvalue weighted by molar-refractivity contribution is 0.105. The standard InChI is InChI=1S/C20H21FN6O/c1-11(12-3-5-14(28)6-4-12)26-20-25-10-17(22-2)18(27-20)16-9-24-19-15(16)7-13(21)8-23-19/h7-12,14,28H,3-6H2,1H3,(H,23,24)(H,25,26,27)/t11-,12-,14-/m1/s1. The lowest BCUT2D eigenvalue weighted by atomic mass is 9.83. The molecule has 1 saturated carbocycles. The van der Waals surface area contributed by atoms with E-state index < -0.39 is 5.82 Å². The van der Waals surface area contributed by atoms with Crippen molar-refractivity contribution in [3.05, 3.63) is 41.9 Å². The van der Waals surface area contributed by atoms with Gasteiger partial charge in [-0.15, -0.1) is 0 Å². The number of rotatable bonds is 4. The summed E-state index contributed by atoms with van der Waals surface area (Å²) in [5.41, 5.74) is 1.89. The number of nitrogens with one attached hydrogen (secondary N) is 2. The molecular weight excluding hydrogens is 359 g/mol. The molecule has 1 aliphatic carbocycles. The van der Waals surface area contributed by atoms with Gasteiger partial charge in [0.15, 0.2) is 0 Å². The molecule has 0 aliphatic heterocycles. The molecule has 0 amide bonds. The topological polar surface area (TPSA) is 91.1 Å². The van der Waals surface area contributed by atoms with Crippen LogP contribution in [0.4, 0.5) is 16.0 Å². The predicted octanol–water partition coefficient (Wildman–Crippen LogP) is 4.06. The van der Waals surface area contributed by atoms with Crippen molar-refractivity contribution >= 4 is 22.7 Å². The van der Waals surface area contributed by atoms with Gasteiger partial charge in [-0.3, -0.25) is 0 Å². The molecule has 3 aromatic heterocycles. The van der Waals surface area contributed by atoms with Crippen LogP contribution in [-0.4, -0.2) is 37.2 Å². The van der Waals surface area contributed by atoms with Crippen molar-refractivity contribution in [1.82, 2.24) is 19.9 Å². The number of halogens is 1. The average molecular weight is 380 g/mol. The van der Waals surface area contributed by atoms with Crippen molar-refractivity contribution in [2.45, 2.75) is 44.8 Å². The molecule has 0 aromatic carbocycles. The summed E-state index contributed by atoms with van der Waals surface area (Å²) in [6.07, 6.45) is 7.66. The summed E-state index contributed by atoms with van der Waals surface area (Å²) >= 11 is 0. The van der Waals surface area contributed by atoms with Gasteiger partial charge in [-0.25, -0.2) is 24.2 Å². The first-order valence-corrected chi connectivity index (χ1v) is 9.37. The molecule has 4 rings (SSSR count). The van der Waals surface area contributed by atoms with Crippen LogP contribution < -0.4 is 5.32 Å². The fraction of sp³-hybridized carbons (Fsp3) is 0.400. The van der Waals surface area contributed by atoms with E-state index in [0.29, 0.717) is 39.8 Å². The fourth-order valence-electron chi connectivity index (χ4n) is 3.82. The number of fused-ring (bicyclic) bond motifs is 1. The van der Waals surface area contributed by atoms with Crippen LogP contribution in [0.3, 0.4) is 0 Å². The number of nitrogens with zero attached hydrogens (tertiary/aromatic N) is 4. The number of aromatic amines is 1. The Hall–Kier alpha value is -3.05. The minimum atomic E-state index is -0.446. The molecular formula is C20H21FN6O. The summed E-state index contributed by atoms with van der Waals surface area (Å²) in [7, 11) is 0. The maximum Gasteiger partial charge on any atom is 0.231 e. The Bertz CT molecular complexity index is 1030. The van der Waals surface area contributed by atoms with Crippen molar-refractivity contribution in [2.24, 2.45) is 5.92 Å². The molecule has 0 bridgehead atoms. The van der Waals surface area contributed by atoms with Gasteiger partial charge in [-0.1, -0.05) is 0 Å². The van der Waals surface area contributed by atoms with Crippen LogP contribution in [0.5, 0.6) is 0 Å². The molecule has 0 spiro atoms. The molecule has 0 saturated heterocycles. The summed E-state index contributed by atoms with van der Waals surface area (Å²) in [6, 6.07) is 1.52. The van der Waals surface area contributed by atoms with Gasteiger partial charge in [0, 0.05) is 29.4 Å². The molecule has 1 fully saturated rings. The van der Waals surface area contributed by atoms with Crippen LogP contribution in [0, 0.1) is 18.3 Å². The highest BCUT2D eigenvalue weighted by Crippen LogP contribution is 2.34. The fourth-order valence-corrected chi connectivity index (χ4v) is 3.82. The van der Waals surface area contributed by atoms with E-state index in [1.807, 2.05) is 0 Å². The summed E-state index contributed by atoms with van der Waals surface area (Å²) in [4.78, 5) is 19.4. The van der Waals surface area contributed by atoms with Crippen LogP contribution in [-0.2, 0) is 0 Å². The third-order valence-corrected chi connectivity index (χ3v) is 5.45. The Morgan fingerprint density at radius 2 is 2.07 bits per heavy atom. The van der Waals surface area contributed by atoms with E-state index in [4.69, 9.17) is 6.57 Å². The number of anilines is 1. The van der Waals surface area contributed by atoms with E-state index in [0.717, 1.165) is 31.9 Å². The van der Waals surface area contributed by atoms with Crippen molar-refractivity contribution in [3.8, 4) is 11.3 Å². The Morgan fingerprint density at radius 1 is 1.29 bits per heavy atom. The number of pyridine rings is 1. The highest BCUT2D eigenvalue weighted by Gasteiger charge is 2.25. The monoisotopic (exact) mass is 380 g/mol. The number of H-pyrrole nitrogens is 1. The second-order valence-corrected chi connectivity index (χ2v) is 7.29. The van der Waals surface area contributed by atoms with Gasteiger partial charge in [0.1, 0.15) is 11.5 Å². The molecule has 0 radical (unpaired) electrons. The van der Waals surface area contributed by atoms with Crippen molar-refractivity contribution in [3.63, 3.8) is 0 Å². The number of aromatic nitrogens is 4. The molecule has 144 valence electrons. The number of hydrogen-bond donors (Lipinski definition) is 3. The normalized spacial score (nSPS) is 20.6. The zero-order valence-corrected chi connectivity index (χ0v) is 15.5. The number of aliphatic hydroxyl groups excluding tert-OH is 1. The molecule has 3 N–H and O–H groups in total. The molecule has 28 heavy (non-hydrogen) atoms. The summed E-state index contributed by atoms with van der Waals surface area (Å²) in [5, 5.41) is 13.6. The number of aliphatic hydroxyl groups is 1. The Morgan fingerprint density at radius 3 is 2.82 bits per heavy atom. The molecule has 0 unspecified atom stereocenters. The highest BCUT2D eigenvalue weighted by molar-refractivity contribution is 5.95. The molecule has 3 aromatic rings. The Balaban J connectivity index is 1.65. The second-order valence-electron chi connectivity index (χ2n) is 7.29. The summed E-state index contributed by atoms with van der Waals surface area (Å²) < 4.78 is 13.7. The zero-order valence-electron chi connectivity index (χ0n) is 15.5. The van der Waals surface area contributed by atoms with Gasteiger partial charge in [0.25, 0.3) is 0 Å². The van der Waals surface area contributed by atoms with Crippen molar-refractivity contribution < 1.29 is 9.50 Å². The summed E-state index contributed by atoms with van der Waals surface area (Å²) in [5.74, 6) is 0.417. The van der Waals surface area contributed by atoms with Crippen LogP contribution in [0.1, 0.15) is 32.6 Å². The first-order valence-electron chi connectivity index (χ1n) is 9.37. The maximum absolute atomic E-state index is 13.7. The Labute approximate surface area is 161 Å². The van der Waals surface area contributed by atoms with Crippen LogP contribution in [0.25, 0.3) is 27.1 Å². The van der Waals surface area contributed by atoms with Gasteiger partial charge in [0.05, 0.1) is 24.6 Å². The lowest BCUT2D eigenvalue weighted by Crippen LogP contribution is -2.31. The largest absolute Gasteiger partial charge is 0.393 e. The second kappa shape index (κ2) is 7.52. The SMILES string of the molecule is [C-]#[N+]c1cnc(N[C@H](C)[C@H]2CC[C@H](O)CC2)nc1-c1c[nH]c2ncc(F)cc12. The van der Waals surface area contributed by atoms with Gasteiger partial charge in [-0.2, -0.15) is 0 Å². The zero-order chi connectivity index (χ0) is 19.7. The van der Waals surface area contributed by atoms with Crippen LogP contribution in [0.2, 0.25) is 0 Å². The maximum atomic E-state index is 13.7. The van der Waals surface area contributed by atoms with Crippen LogP contribution in [0.15, 0.2) is 24.7 Å². The third kappa shape index (κ3) is 3.53. The van der Waals surface area contributed by atoms with Gasteiger partial charge in [-0.05, 0) is 44.6 Å². The molecule has 1 aliphatic rings. The van der Waals surface area contributed by atoms with Gasteiger partial charge < -0.3 is 15.4 Å². The highest BCUT2D eigenvalue weighted by atomic mass is 19.1. The smallest absolute Gasteiger partial charge is 0.231 e. The molecule has 8 heteroatoms. The summed E-state index contributed by atoms with van der Waals surface area (Å²) in [6.45, 7) is 9.51. The first kappa shape index (κ1) is 18.3. The van der Waals surface area contributed by atoms with E-state index in [9.17, 15) is 9.50 Å². The van der Waals surface area contributed by atoms with E-state index in [1.54, 1.807) is 6.20 Å². The third-order valence-electron chi connectivity index (χ3n) is 5.45. The van der Waals surface area contributed by atoms with Crippen molar-refractivity contribution in [2.75, 3.05) is 5.32 Å². The quantitative estimate of drug-likeness (QED) is 0.594. The molecule has 1 atom stereocenters. The molecule has 7 nitrogen and oxygen atoms in total. The van der Waals surface area contributed by atoms with E-state index >= 15 is 0 Å². The van der Waals surface area contributed by atoms with Gasteiger partial charge in [0.2, 0.25) is 11.6 Å². The minimum Gasteiger partial charge on any atom is -0.393 e. The Kier molecular flexibility index (Phi) is 4.92. The lowest BCUT2D eigenvalue weighted by Gasteiger charge is -2.30. The minimum absolute atomic E-state index is 0.140. The van der Waals surface area contributed by atoms with E-state index in [-0.39, 0.29) is 12.1 Å². The van der Waals surface area contributed by atoms with Gasteiger partial charge >= 0.3 is 0 Å².